The van der Waals surface area contributed by atoms with E-state index in [2.05, 4.69) is 15.5 Å². The molecule has 2 aromatic rings. The third kappa shape index (κ3) is 3.92. The number of aromatic nitrogens is 2. The number of amides is 1. The molecule has 1 amide bonds. The van der Waals surface area contributed by atoms with E-state index in [1.165, 1.54) is 0 Å². The number of ether oxygens (including phenoxy) is 1. The molecular formula is C17H22ClN3O2. The minimum absolute atomic E-state index is 0.0632. The molecule has 0 aliphatic heterocycles. The Labute approximate surface area is 141 Å². The highest BCUT2D eigenvalue weighted by Crippen LogP contribution is 2.25. The van der Waals surface area contributed by atoms with Gasteiger partial charge in [-0.3, -0.25) is 9.89 Å². The van der Waals surface area contributed by atoms with E-state index in [4.69, 9.17) is 16.3 Å². The lowest BCUT2D eigenvalue weighted by Crippen LogP contribution is -2.32. The molecule has 0 bridgehead atoms. The molecule has 0 aliphatic rings. The van der Waals surface area contributed by atoms with Crippen LogP contribution in [0.15, 0.2) is 24.3 Å². The Morgan fingerprint density at radius 2 is 2.09 bits per heavy atom. The molecule has 0 saturated heterocycles. The number of aryl methyl sites for hydroxylation is 2. The van der Waals surface area contributed by atoms with Crippen LogP contribution < -0.4 is 5.32 Å². The molecule has 2 N–H and O–H groups in total. The van der Waals surface area contributed by atoms with Crippen LogP contribution in [0.1, 0.15) is 41.5 Å². The Bertz CT molecular complexity index is 665. The van der Waals surface area contributed by atoms with Gasteiger partial charge in [-0.1, -0.05) is 29.8 Å². The lowest BCUT2D eigenvalue weighted by atomic mass is 9.98. The van der Waals surface area contributed by atoms with Gasteiger partial charge in [0.15, 0.2) is 0 Å². The van der Waals surface area contributed by atoms with Crippen molar-refractivity contribution in [3.8, 4) is 0 Å². The van der Waals surface area contributed by atoms with Gasteiger partial charge in [-0.05, 0) is 26.8 Å². The van der Waals surface area contributed by atoms with Crippen molar-refractivity contribution in [2.75, 3.05) is 13.7 Å². The first-order valence-corrected chi connectivity index (χ1v) is 7.89. The zero-order valence-corrected chi connectivity index (χ0v) is 14.6. The molecule has 2 atom stereocenters. The van der Waals surface area contributed by atoms with Gasteiger partial charge >= 0.3 is 0 Å². The number of hydrogen-bond donors (Lipinski definition) is 2. The average molecular weight is 336 g/mol. The molecule has 124 valence electrons. The van der Waals surface area contributed by atoms with E-state index >= 15 is 0 Å². The summed E-state index contributed by atoms with van der Waals surface area (Å²) in [4.78, 5) is 12.4. The molecule has 0 spiro atoms. The highest BCUT2D eigenvalue weighted by atomic mass is 35.5. The fourth-order valence-electron chi connectivity index (χ4n) is 2.73. The first kappa shape index (κ1) is 17.5. The zero-order chi connectivity index (χ0) is 17.0. The second-order valence-corrected chi connectivity index (χ2v) is 5.97. The maximum Gasteiger partial charge on any atom is 0.227 e. The van der Waals surface area contributed by atoms with Crippen molar-refractivity contribution in [1.29, 1.82) is 0 Å². The minimum atomic E-state index is -0.286. The summed E-state index contributed by atoms with van der Waals surface area (Å²) in [6, 6.07) is 7.47. The van der Waals surface area contributed by atoms with Gasteiger partial charge in [-0.2, -0.15) is 5.10 Å². The second-order valence-electron chi connectivity index (χ2n) is 5.56. The van der Waals surface area contributed by atoms with Crippen molar-refractivity contribution in [3.63, 3.8) is 0 Å². The Hall–Kier alpha value is -1.85. The molecule has 23 heavy (non-hydrogen) atoms. The summed E-state index contributed by atoms with van der Waals surface area (Å²) in [5.41, 5.74) is 3.56. The molecule has 1 aromatic heterocycles. The number of halogens is 1. The van der Waals surface area contributed by atoms with Gasteiger partial charge in [0, 0.05) is 35.5 Å². The smallest absolute Gasteiger partial charge is 0.227 e. The van der Waals surface area contributed by atoms with Gasteiger partial charge in [0.05, 0.1) is 11.6 Å². The molecule has 1 heterocycles. The number of hydrogen-bond acceptors (Lipinski definition) is 3. The number of methoxy groups -OCH3 is 1. The van der Waals surface area contributed by atoms with Crippen LogP contribution in [0.5, 0.6) is 0 Å². The van der Waals surface area contributed by atoms with Crippen molar-refractivity contribution in [3.05, 3.63) is 51.8 Å². The second kappa shape index (κ2) is 7.62. The molecule has 2 rings (SSSR count). The third-order valence-corrected chi connectivity index (χ3v) is 4.35. The molecule has 5 nitrogen and oxygen atoms in total. The average Bonchev–Trinajstić information content (AvgIpc) is 2.87. The topological polar surface area (TPSA) is 67.0 Å². The van der Waals surface area contributed by atoms with E-state index in [0.29, 0.717) is 11.6 Å². The predicted molar refractivity (Wildman–Crippen MR) is 90.7 cm³/mol. The summed E-state index contributed by atoms with van der Waals surface area (Å²) in [6.07, 6.45) is -0.286. The highest BCUT2D eigenvalue weighted by molar-refractivity contribution is 6.31. The third-order valence-electron chi connectivity index (χ3n) is 4.01. The first-order chi connectivity index (χ1) is 11.0. The number of benzene rings is 1. The van der Waals surface area contributed by atoms with E-state index in [1.54, 1.807) is 7.11 Å². The number of nitrogens with one attached hydrogen (secondary N) is 2. The molecule has 0 aliphatic carbocycles. The van der Waals surface area contributed by atoms with Crippen LogP contribution in [-0.4, -0.2) is 29.8 Å². The first-order valence-electron chi connectivity index (χ1n) is 7.52. The molecule has 2 unspecified atom stereocenters. The van der Waals surface area contributed by atoms with Crippen LogP contribution in [0, 0.1) is 13.8 Å². The van der Waals surface area contributed by atoms with Crippen LogP contribution in [0.4, 0.5) is 0 Å². The fraction of sp³-hybridized carbons (Fsp3) is 0.412. The van der Waals surface area contributed by atoms with Crippen LogP contribution in [0.3, 0.4) is 0 Å². The molecule has 0 saturated carbocycles. The quantitative estimate of drug-likeness (QED) is 0.851. The van der Waals surface area contributed by atoms with Crippen molar-refractivity contribution >= 4 is 17.5 Å². The summed E-state index contributed by atoms with van der Waals surface area (Å²) < 4.78 is 5.47. The Kier molecular flexibility index (Phi) is 5.80. The molecule has 0 fully saturated rings. The largest absolute Gasteiger partial charge is 0.375 e. The van der Waals surface area contributed by atoms with Crippen molar-refractivity contribution < 1.29 is 9.53 Å². The van der Waals surface area contributed by atoms with Gasteiger partial charge < -0.3 is 10.1 Å². The number of carbonyl (C=O) groups excluding carboxylic acids is 1. The number of H-pyrrole nitrogens is 1. The Morgan fingerprint density at radius 1 is 1.39 bits per heavy atom. The SMILES string of the molecule is COC(CNC(=O)C(C)c1c(C)n[nH]c1C)c1ccccc1Cl. The molecule has 0 radical (unpaired) electrons. The molecule has 6 heteroatoms. The van der Waals surface area contributed by atoms with Crippen LogP contribution in [-0.2, 0) is 9.53 Å². The van der Waals surface area contributed by atoms with Crippen LogP contribution in [0.2, 0.25) is 5.02 Å². The standard InChI is InChI=1S/C17H22ClN3O2/c1-10(16-11(2)20-21-12(16)3)17(22)19-9-15(23-4)13-7-5-6-8-14(13)18/h5-8,10,15H,9H2,1-4H3,(H,19,22)(H,20,21). The predicted octanol–water partition coefficient (Wildman–Crippen LogP) is 3.29. The summed E-state index contributed by atoms with van der Waals surface area (Å²) in [5, 5.41) is 10.6. The number of nitrogens with zero attached hydrogens (tertiary/aromatic N) is 1. The van der Waals surface area contributed by atoms with Gasteiger partial charge in [0.25, 0.3) is 0 Å². The van der Waals surface area contributed by atoms with Crippen molar-refractivity contribution in [2.24, 2.45) is 0 Å². The highest BCUT2D eigenvalue weighted by Gasteiger charge is 2.22. The van der Waals surface area contributed by atoms with Gasteiger partial charge in [0.2, 0.25) is 5.91 Å². The Balaban J connectivity index is 2.04. The summed E-state index contributed by atoms with van der Waals surface area (Å²) >= 11 is 6.19. The number of aromatic amines is 1. The normalized spacial score (nSPS) is 13.6. The Morgan fingerprint density at radius 3 is 2.65 bits per heavy atom. The van der Waals surface area contributed by atoms with E-state index < -0.39 is 0 Å². The molecule has 1 aromatic carbocycles. The minimum Gasteiger partial charge on any atom is -0.375 e. The maximum atomic E-state index is 12.4. The fourth-order valence-corrected chi connectivity index (χ4v) is 2.99. The van der Waals surface area contributed by atoms with E-state index in [0.717, 1.165) is 22.5 Å². The van der Waals surface area contributed by atoms with Gasteiger partial charge in [0.1, 0.15) is 6.10 Å². The molecular weight excluding hydrogens is 314 g/mol. The number of rotatable bonds is 6. The van der Waals surface area contributed by atoms with Gasteiger partial charge in [-0.15, -0.1) is 0 Å². The summed E-state index contributed by atoms with van der Waals surface area (Å²) in [6.45, 7) is 6.04. The van der Waals surface area contributed by atoms with Crippen molar-refractivity contribution in [2.45, 2.75) is 32.8 Å². The van der Waals surface area contributed by atoms with E-state index in [1.807, 2.05) is 45.0 Å². The number of carbonyl (C=O) groups is 1. The van der Waals surface area contributed by atoms with Crippen LogP contribution >= 0.6 is 11.6 Å². The van der Waals surface area contributed by atoms with E-state index in [-0.39, 0.29) is 17.9 Å². The summed E-state index contributed by atoms with van der Waals surface area (Å²) in [7, 11) is 1.61. The lowest BCUT2D eigenvalue weighted by molar-refractivity contribution is -0.122. The van der Waals surface area contributed by atoms with Crippen LogP contribution in [0.25, 0.3) is 0 Å². The monoisotopic (exact) mass is 335 g/mol. The maximum absolute atomic E-state index is 12.4. The van der Waals surface area contributed by atoms with E-state index in [9.17, 15) is 4.79 Å². The summed E-state index contributed by atoms with van der Waals surface area (Å²) in [5.74, 6) is -0.343. The van der Waals surface area contributed by atoms with Gasteiger partial charge in [-0.25, -0.2) is 0 Å². The zero-order valence-electron chi connectivity index (χ0n) is 13.8. The van der Waals surface area contributed by atoms with Crippen molar-refractivity contribution in [1.82, 2.24) is 15.5 Å². The lowest BCUT2D eigenvalue weighted by Gasteiger charge is -2.19.